The van der Waals surface area contributed by atoms with Gasteiger partial charge in [-0.3, -0.25) is 24.1 Å². The predicted molar refractivity (Wildman–Crippen MR) is 114 cm³/mol. The zero-order chi connectivity index (χ0) is 24.5. The zero-order valence-corrected chi connectivity index (χ0v) is 18.0. The van der Waals surface area contributed by atoms with E-state index in [9.17, 15) is 32.3 Å². The number of amides is 4. The number of nitrogens with one attached hydrogen (secondary N) is 1. The Morgan fingerprint density at radius 2 is 1.79 bits per heavy atom. The number of halogens is 4. The molecule has 0 aliphatic carbocycles. The van der Waals surface area contributed by atoms with Crippen LogP contribution in [0.15, 0.2) is 49.1 Å². The fourth-order valence-electron chi connectivity index (χ4n) is 3.25. The third-order valence-corrected chi connectivity index (χ3v) is 5.14. The topological polar surface area (TPSA) is 86.8 Å². The lowest BCUT2D eigenvalue weighted by atomic mass is 10.0. The van der Waals surface area contributed by atoms with Crippen LogP contribution in [-0.2, 0) is 11.0 Å². The molecule has 1 N–H and O–H groups in total. The molecule has 1 heterocycles. The van der Waals surface area contributed by atoms with Crippen LogP contribution in [-0.4, -0.2) is 53.6 Å². The molecule has 172 valence electrons. The van der Waals surface area contributed by atoms with Gasteiger partial charge in [-0.2, -0.15) is 13.2 Å². The molecule has 7 nitrogen and oxygen atoms in total. The van der Waals surface area contributed by atoms with Gasteiger partial charge in [0.2, 0.25) is 5.91 Å². The summed E-state index contributed by atoms with van der Waals surface area (Å²) in [5, 5.41) is 1.78. The number of hydrogen-bond donors (Lipinski definition) is 1. The van der Waals surface area contributed by atoms with E-state index < -0.39 is 46.9 Å². The molecule has 0 unspecified atom stereocenters. The first-order valence-electron chi connectivity index (χ1n) is 9.47. The molecule has 1 aliphatic heterocycles. The summed E-state index contributed by atoms with van der Waals surface area (Å²) in [6.45, 7) is 3.04. The third-order valence-electron chi connectivity index (χ3n) is 4.81. The largest absolute Gasteiger partial charge is 0.417 e. The Morgan fingerprint density at radius 1 is 1.12 bits per heavy atom. The number of fused-ring (bicyclic) bond motifs is 1. The van der Waals surface area contributed by atoms with Crippen LogP contribution >= 0.6 is 11.6 Å². The average molecular weight is 480 g/mol. The van der Waals surface area contributed by atoms with Crippen LogP contribution in [0.2, 0.25) is 5.02 Å². The van der Waals surface area contributed by atoms with Crippen molar-refractivity contribution in [2.45, 2.75) is 6.18 Å². The Kier molecular flexibility index (Phi) is 6.59. The average Bonchev–Trinajstić information content (AvgIpc) is 2.98. The normalized spacial score (nSPS) is 13.1. The van der Waals surface area contributed by atoms with Crippen LogP contribution in [0, 0.1) is 0 Å². The van der Waals surface area contributed by atoms with Gasteiger partial charge in [-0.25, -0.2) is 0 Å². The summed E-state index contributed by atoms with van der Waals surface area (Å²) in [4.78, 5) is 51.7. The summed E-state index contributed by atoms with van der Waals surface area (Å²) in [6, 6.07) is 6.88. The van der Waals surface area contributed by atoms with Gasteiger partial charge >= 0.3 is 6.18 Å². The number of rotatable bonds is 6. The molecule has 2 aromatic carbocycles. The second-order valence-corrected chi connectivity index (χ2v) is 7.58. The number of nitrogens with zero attached hydrogens (tertiary/aromatic N) is 2. The van der Waals surface area contributed by atoms with Crippen molar-refractivity contribution in [2.75, 3.05) is 25.5 Å². The van der Waals surface area contributed by atoms with Crippen LogP contribution in [0.4, 0.5) is 18.9 Å². The fraction of sp³-hybridized carbons (Fsp3) is 0.182. The first kappa shape index (κ1) is 24.0. The second kappa shape index (κ2) is 9.07. The molecule has 0 spiro atoms. The van der Waals surface area contributed by atoms with Gasteiger partial charge in [-0.1, -0.05) is 17.7 Å². The number of likely N-dealkylation sites (N-methyl/N-ethyl adjacent to an activating group) is 1. The number of carbonyl (C=O) groups excluding carboxylic acids is 4. The highest BCUT2D eigenvalue weighted by atomic mass is 35.5. The minimum absolute atomic E-state index is 0.0243. The molecule has 0 saturated carbocycles. The van der Waals surface area contributed by atoms with Gasteiger partial charge in [-0.15, -0.1) is 6.58 Å². The van der Waals surface area contributed by atoms with Gasteiger partial charge in [0, 0.05) is 24.8 Å². The fourth-order valence-corrected chi connectivity index (χ4v) is 3.47. The SMILES string of the molecule is C=CCN1C(=O)c2ccc(C(=O)N(C)CC(=O)Nc3ccc(Cl)c(C(F)(F)F)c3)cc2C1=O. The summed E-state index contributed by atoms with van der Waals surface area (Å²) in [7, 11) is 1.31. The minimum Gasteiger partial charge on any atom is -0.332 e. The number of alkyl halides is 3. The van der Waals surface area contributed by atoms with Crippen molar-refractivity contribution < 1.29 is 32.3 Å². The van der Waals surface area contributed by atoms with Gasteiger partial charge in [0.25, 0.3) is 17.7 Å². The molecule has 0 fully saturated rings. The molecule has 11 heteroatoms. The maximum Gasteiger partial charge on any atom is 0.417 e. The molecule has 0 radical (unpaired) electrons. The van der Waals surface area contributed by atoms with E-state index in [1.807, 2.05) is 0 Å². The Bertz CT molecular complexity index is 1180. The lowest BCUT2D eigenvalue weighted by Gasteiger charge is -2.18. The lowest BCUT2D eigenvalue weighted by Crippen LogP contribution is -2.35. The molecule has 0 aromatic heterocycles. The highest BCUT2D eigenvalue weighted by molar-refractivity contribution is 6.31. The summed E-state index contributed by atoms with van der Waals surface area (Å²) >= 11 is 5.56. The molecule has 0 saturated heterocycles. The molecule has 1 aliphatic rings. The molecular weight excluding hydrogens is 463 g/mol. The molecule has 2 aromatic rings. The van der Waals surface area contributed by atoms with Crippen LogP contribution in [0.5, 0.6) is 0 Å². The van der Waals surface area contributed by atoms with Crippen molar-refractivity contribution in [1.29, 1.82) is 0 Å². The van der Waals surface area contributed by atoms with E-state index in [2.05, 4.69) is 11.9 Å². The highest BCUT2D eigenvalue weighted by Crippen LogP contribution is 2.36. The van der Waals surface area contributed by atoms with Crippen LogP contribution in [0.25, 0.3) is 0 Å². The summed E-state index contributed by atoms with van der Waals surface area (Å²) < 4.78 is 38.9. The van der Waals surface area contributed by atoms with E-state index in [1.54, 1.807) is 0 Å². The van der Waals surface area contributed by atoms with Crippen molar-refractivity contribution in [3.63, 3.8) is 0 Å². The lowest BCUT2D eigenvalue weighted by molar-refractivity contribution is -0.137. The van der Waals surface area contributed by atoms with Crippen LogP contribution < -0.4 is 5.32 Å². The van der Waals surface area contributed by atoms with E-state index in [4.69, 9.17) is 11.6 Å². The Balaban J connectivity index is 1.71. The van der Waals surface area contributed by atoms with Gasteiger partial charge in [0.15, 0.2) is 0 Å². The van der Waals surface area contributed by atoms with E-state index in [-0.39, 0.29) is 28.9 Å². The van der Waals surface area contributed by atoms with Gasteiger partial charge in [-0.05, 0) is 36.4 Å². The summed E-state index contributed by atoms with van der Waals surface area (Å²) in [5.74, 6) is -2.43. The van der Waals surface area contributed by atoms with Crippen LogP contribution in [0.3, 0.4) is 0 Å². The first-order chi connectivity index (χ1) is 15.4. The predicted octanol–water partition coefficient (Wildman–Crippen LogP) is 3.85. The third kappa shape index (κ3) is 4.90. The van der Waals surface area contributed by atoms with E-state index >= 15 is 0 Å². The number of benzene rings is 2. The van der Waals surface area contributed by atoms with Gasteiger partial charge in [0.05, 0.1) is 28.3 Å². The minimum atomic E-state index is -4.70. The molecular formula is C22H17ClF3N3O4. The molecule has 0 atom stereocenters. The van der Waals surface area contributed by atoms with E-state index in [0.29, 0.717) is 6.07 Å². The smallest absolute Gasteiger partial charge is 0.332 e. The van der Waals surface area contributed by atoms with Crippen molar-refractivity contribution >= 4 is 40.9 Å². The molecule has 3 rings (SSSR count). The number of imide groups is 1. The van der Waals surface area contributed by atoms with Crippen molar-refractivity contribution in [3.8, 4) is 0 Å². The maximum atomic E-state index is 13.0. The quantitative estimate of drug-likeness (QED) is 0.503. The van der Waals surface area contributed by atoms with Crippen molar-refractivity contribution in [1.82, 2.24) is 9.80 Å². The Hall–Kier alpha value is -3.66. The zero-order valence-electron chi connectivity index (χ0n) is 17.2. The maximum absolute atomic E-state index is 13.0. The Labute approximate surface area is 191 Å². The van der Waals surface area contributed by atoms with Gasteiger partial charge < -0.3 is 10.2 Å². The first-order valence-corrected chi connectivity index (χ1v) is 9.85. The number of hydrogen-bond acceptors (Lipinski definition) is 4. The summed E-state index contributed by atoms with van der Waals surface area (Å²) in [5.41, 5.74) is -0.958. The van der Waals surface area contributed by atoms with E-state index in [0.717, 1.165) is 15.9 Å². The summed E-state index contributed by atoms with van der Waals surface area (Å²) in [6.07, 6.45) is -3.29. The monoisotopic (exact) mass is 479 g/mol. The van der Waals surface area contributed by atoms with Crippen LogP contribution in [0.1, 0.15) is 36.6 Å². The molecule has 0 bridgehead atoms. The highest BCUT2D eigenvalue weighted by Gasteiger charge is 2.36. The molecule has 33 heavy (non-hydrogen) atoms. The Morgan fingerprint density at radius 3 is 2.42 bits per heavy atom. The van der Waals surface area contributed by atoms with E-state index in [1.165, 1.54) is 37.4 Å². The number of carbonyl (C=O) groups is 4. The number of anilines is 1. The second-order valence-electron chi connectivity index (χ2n) is 7.17. The van der Waals surface area contributed by atoms with Crippen molar-refractivity contribution in [3.05, 3.63) is 76.3 Å². The molecule has 4 amide bonds. The standard InChI is InChI=1S/C22H17ClF3N3O4/c1-3-8-29-20(32)14-6-4-12(9-15(14)21(29)33)19(31)28(2)11-18(30)27-13-5-7-17(23)16(10-13)22(24,25)26/h3-7,9-10H,1,8,11H2,2H3,(H,27,30). The van der Waals surface area contributed by atoms with Gasteiger partial charge in [0.1, 0.15) is 0 Å². The van der Waals surface area contributed by atoms with Crippen molar-refractivity contribution in [2.24, 2.45) is 0 Å².